The number of carbonyl (C=O) groups excluding carboxylic acids is 12. The molecule has 0 radical (unpaired) electrons. The number of nitrogens with zero attached hydrogens (tertiary/aromatic N) is 5. The van der Waals surface area contributed by atoms with Crippen LogP contribution in [0.1, 0.15) is 97.5 Å². The largest absolute Gasteiger partial charge is 0.495 e. The first-order valence-electron chi connectivity index (χ1n) is 29.7. The summed E-state index contributed by atoms with van der Waals surface area (Å²) in [4.78, 5) is 162. The smallest absolute Gasteiger partial charge is 0.409 e. The number of amides is 10. The van der Waals surface area contributed by atoms with Crippen molar-refractivity contribution in [1.29, 1.82) is 0 Å². The average Bonchev–Trinajstić information content (AvgIpc) is 1.59. The standard InChI is InChI=1S/C61H76Br2ClN7O19S/c1-33-14-12-16-45(86-8)61(84)29-43(88-59(83)66-61)34(2)54-60(4,90-54)46(28-49(75)68(6)41-23-36(22-33)24-42(85-7)53(41)64)89-58(82)35(3)67(5)48(74)18-21-91-44-27-52(78)69(57(44)81)20-11-9-10-17-47(73)65-19-13-15-37(72)32-87-38(30-70-50(76)25-39(62)55(70)79)31-71-51(77)26-40(63)56(71)80/h12,14,16,23-26,34-35,38,43-46,54,84H,9-11,13,15,17-22,27-32H2,1-8H3,(H,65,73)(H,66,83)/b16-12+,33-14+/t34-,35+,43+,44?,45-,46+,54+,60+,61+/m1/s1. The summed E-state index contributed by atoms with van der Waals surface area (Å²) in [6.45, 7) is 5.99. The van der Waals surface area contributed by atoms with E-state index in [9.17, 15) is 62.6 Å². The normalized spacial score (nSPS) is 26.6. The number of esters is 1. The van der Waals surface area contributed by atoms with Crippen LogP contribution < -0.4 is 20.3 Å². The van der Waals surface area contributed by atoms with Crippen molar-refractivity contribution in [2.45, 2.75) is 151 Å². The zero-order chi connectivity index (χ0) is 66.8. The Balaban J connectivity index is 0.850. The summed E-state index contributed by atoms with van der Waals surface area (Å²) in [6, 6.07) is 2.32. The Labute approximate surface area is 552 Å². The number of fused-ring (bicyclic) bond motifs is 5. The van der Waals surface area contributed by atoms with Crippen molar-refractivity contribution in [1.82, 2.24) is 30.2 Å². The van der Waals surface area contributed by atoms with E-state index in [1.54, 1.807) is 38.1 Å². The van der Waals surface area contributed by atoms with Gasteiger partial charge in [-0.15, -0.1) is 11.8 Å². The molecule has 496 valence electrons. The molecule has 3 N–H and O–H groups in total. The molecule has 4 bridgehead atoms. The highest BCUT2D eigenvalue weighted by Gasteiger charge is 2.64. The van der Waals surface area contributed by atoms with E-state index >= 15 is 0 Å². The monoisotopic (exact) mass is 1440 g/mol. The van der Waals surface area contributed by atoms with Crippen molar-refractivity contribution in [2.75, 3.05) is 71.8 Å². The van der Waals surface area contributed by atoms with Gasteiger partial charge in [0.25, 0.3) is 23.6 Å². The van der Waals surface area contributed by atoms with Gasteiger partial charge in [-0.05, 0) is 96.0 Å². The van der Waals surface area contributed by atoms with Crippen LogP contribution in [0.25, 0.3) is 0 Å². The molecule has 3 saturated heterocycles. The number of thioether (sulfide) groups is 1. The summed E-state index contributed by atoms with van der Waals surface area (Å²) in [5.74, 6) is -5.92. The summed E-state index contributed by atoms with van der Waals surface area (Å²) in [7, 11) is 5.80. The molecule has 6 aliphatic rings. The summed E-state index contributed by atoms with van der Waals surface area (Å²) >= 11 is 14.0. The Kier molecular flexibility index (Phi) is 25.0. The Hall–Kier alpha value is -6.34. The van der Waals surface area contributed by atoms with Crippen LogP contribution >= 0.6 is 55.2 Å². The maximum Gasteiger partial charge on any atom is 0.409 e. The van der Waals surface area contributed by atoms with Crippen LogP contribution in [0.2, 0.25) is 5.02 Å². The van der Waals surface area contributed by atoms with Crippen LogP contribution in [0.4, 0.5) is 10.5 Å². The number of imide groups is 3. The third-order valence-electron chi connectivity index (χ3n) is 16.8. The summed E-state index contributed by atoms with van der Waals surface area (Å²) < 4.78 is 35.2. The third-order valence-corrected chi connectivity index (χ3v) is 19.5. The maximum absolute atomic E-state index is 14.4. The highest BCUT2D eigenvalue weighted by Crippen LogP contribution is 2.49. The summed E-state index contributed by atoms with van der Waals surface area (Å²) in [5.41, 5.74) is -1.30. The van der Waals surface area contributed by atoms with Gasteiger partial charge in [-0.1, -0.05) is 48.7 Å². The summed E-state index contributed by atoms with van der Waals surface area (Å²) in [5, 5.41) is 16.6. The Morgan fingerprint density at radius 3 is 2.22 bits per heavy atom. The van der Waals surface area contributed by atoms with Gasteiger partial charge in [-0.3, -0.25) is 68.0 Å². The van der Waals surface area contributed by atoms with Crippen molar-refractivity contribution in [3.05, 3.63) is 67.6 Å². The first kappa shape index (κ1) is 72.1. The van der Waals surface area contributed by atoms with E-state index in [2.05, 4.69) is 42.5 Å². The van der Waals surface area contributed by atoms with Crippen LogP contribution in [-0.2, 0) is 82.8 Å². The Morgan fingerprint density at radius 2 is 1.59 bits per heavy atom. The Bertz CT molecular complexity index is 3150. The van der Waals surface area contributed by atoms with Crippen LogP contribution in [-0.4, -0.2) is 216 Å². The topological polar surface area (TPSA) is 324 Å². The van der Waals surface area contributed by atoms with Crippen molar-refractivity contribution in [3.63, 3.8) is 0 Å². The second-order valence-electron chi connectivity index (χ2n) is 23.3. The molecule has 1 aromatic rings. The number of benzene rings is 1. The van der Waals surface area contributed by atoms with Crippen molar-refractivity contribution in [2.24, 2.45) is 5.92 Å². The van der Waals surface area contributed by atoms with Crippen LogP contribution in [0.5, 0.6) is 5.75 Å². The lowest BCUT2D eigenvalue weighted by molar-refractivity contribution is -0.162. The SMILES string of the molecule is COc1cc2cc(c1Cl)N(C)C(=O)C[C@H](OC(=O)[C@H](C)N(C)C(=O)CCSC1CC(=O)N(CCCCCC(=O)NCCCC(=O)COC(CN3C(=O)C=C(Br)C3=O)CN3C(=O)C=C(Br)C3=O)C1=O)[C@]1(C)O[C@H]1[C@H](C)[C@@H]1C[C@@](O)(NC(=O)O1)[C@H](OC)/C=C/C=C(\C)C2. The molecule has 0 aliphatic carbocycles. The average molecular weight is 1440 g/mol. The Morgan fingerprint density at radius 1 is 0.923 bits per heavy atom. The zero-order valence-electron chi connectivity index (χ0n) is 51.8. The lowest BCUT2D eigenvalue weighted by Crippen LogP contribution is -2.63. The fourth-order valence-corrected chi connectivity index (χ4v) is 13.4. The van der Waals surface area contributed by atoms with Crippen molar-refractivity contribution >= 4 is 132 Å². The minimum atomic E-state index is -1.91. The summed E-state index contributed by atoms with van der Waals surface area (Å²) in [6.07, 6.45) is 2.90. The quantitative estimate of drug-likeness (QED) is 0.0498. The van der Waals surface area contributed by atoms with E-state index in [0.29, 0.717) is 37.1 Å². The number of alkyl carbamates (subject to hydrolysis) is 1. The van der Waals surface area contributed by atoms with Gasteiger partial charge in [0, 0.05) is 90.2 Å². The van der Waals surface area contributed by atoms with Gasteiger partial charge in [-0.25, -0.2) is 9.59 Å². The van der Waals surface area contributed by atoms with E-state index in [1.165, 1.54) is 49.9 Å². The van der Waals surface area contributed by atoms with Gasteiger partial charge in [0.05, 0.1) is 58.7 Å². The number of epoxide rings is 1. The molecule has 3 fully saturated rings. The second kappa shape index (κ2) is 31.5. The molecule has 0 spiro atoms. The van der Waals surface area contributed by atoms with E-state index in [-0.39, 0.29) is 102 Å². The fourth-order valence-electron chi connectivity index (χ4n) is 11.2. The van der Waals surface area contributed by atoms with Crippen molar-refractivity contribution in [3.8, 4) is 5.75 Å². The van der Waals surface area contributed by atoms with Gasteiger partial charge in [-0.2, -0.15) is 0 Å². The number of anilines is 1. The van der Waals surface area contributed by atoms with E-state index in [1.807, 2.05) is 13.0 Å². The van der Waals surface area contributed by atoms with E-state index in [4.69, 9.17) is 40.0 Å². The molecule has 10 amide bonds. The number of Topliss-reactive ketones (excluding diaryl/α,β-unsaturated/α-hetero) is 1. The van der Waals surface area contributed by atoms with E-state index in [0.717, 1.165) is 44.9 Å². The van der Waals surface area contributed by atoms with Gasteiger partial charge in [0.1, 0.15) is 47.3 Å². The lowest BCUT2D eigenvalue weighted by atomic mass is 9.83. The number of ketones is 1. The van der Waals surface area contributed by atoms with Gasteiger partial charge in [0.2, 0.25) is 29.5 Å². The zero-order valence-corrected chi connectivity index (χ0v) is 56.5. The molecular weight excluding hydrogens is 1360 g/mol. The maximum atomic E-state index is 14.4. The first-order chi connectivity index (χ1) is 43.0. The number of halogens is 3. The fraction of sp³-hybridized carbons (Fsp3) is 0.574. The molecule has 7 rings (SSSR count). The molecule has 0 aromatic heterocycles. The highest BCUT2D eigenvalue weighted by molar-refractivity contribution is 9.12. The molecule has 9 atom stereocenters. The number of rotatable bonds is 26. The molecule has 6 aliphatic heterocycles. The molecule has 30 heteroatoms. The van der Waals surface area contributed by atoms with Crippen LogP contribution in [0.15, 0.2) is 57.1 Å². The van der Waals surface area contributed by atoms with Gasteiger partial charge in [0.15, 0.2) is 11.5 Å². The number of nitrogens with one attached hydrogen (secondary N) is 2. The minimum Gasteiger partial charge on any atom is -0.495 e. The minimum absolute atomic E-state index is 0.00901. The number of ether oxygens (including phenoxy) is 6. The molecule has 0 saturated carbocycles. The number of likely N-dealkylation sites (tertiary alicyclic amines) is 1. The van der Waals surface area contributed by atoms with Gasteiger partial charge >= 0.3 is 12.1 Å². The molecule has 91 heavy (non-hydrogen) atoms. The molecule has 1 unspecified atom stereocenters. The number of hydrogen-bond acceptors (Lipinski definition) is 20. The van der Waals surface area contributed by atoms with Crippen molar-refractivity contribution < 1.29 is 91.1 Å². The molecule has 6 heterocycles. The first-order valence-corrected chi connectivity index (χ1v) is 32.7. The predicted molar refractivity (Wildman–Crippen MR) is 336 cm³/mol. The van der Waals surface area contributed by atoms with Gasteiger partial charge < -0.3 is 48.6 Å². The third kappa shape index (κ3) is 17.9. The predicted octanol–water partition coefficient (Wildman–Crippen LogP) is 4.47. The van der Waals surface area contributed by atoms with Crippen LogP contribution in [0, 0.1) is 5.92 Å². The number of hydrogen-bond donors (Lipinski definition) is 3. The van der Waals surface area contributed by atoms with E-state index < -0.39 is 125 Å². The molecule has 26 nitrogen and oxygen atoms in total. The highest BCUT2D eigenvalue weighted by atomic mass is 79.9. The number of methoxy groups -OCH3 is 2. The number of allylic oxidation sites excluding steroid dienone is 3. The number of carbonyl (C=O) groups is 12. The number of likely N-dealkylation sites (N-methyl/N-ethyl adjacent to an activating group) is 1. The number of unbranched alkanes of at least 4 members (excludes halogenated alkanes) is 2. The molecule has 1 aromatic carbocycles. The van der Waals surface area contributed by atoms with Crippen LogP contribution in [0.3, 0.4) is 0 Å². The molecular formula is C61H76Br2ClN7O19S. The second-order valence-corrected chi connectivity index (χ2v) is 26.7. The lowest BCUT2D eigenvalue weighted by Gasteiger charge is -2.42. The number of aliphatic hydroxyl groups is 1.